The second kappa shape index (κ2) is 11.6. The number of carbonyl (C=O) groups is 1. The second-order valence-electron chi connectivity index (χ2n) is 6.50. The van der Waals surface area contributed by atoms with E-state index in [-0.39, 0.29) is 24.4 Å². The lowest BCUT2D eigenvalue weighted by molar-refractivity contribution is 0.0951. The van der Waals surface area contributed by atoms with E-state index >= 15 is 0 Å². The van der Waals surface area contributed by atoms with Gasteiger partial charge in [-0.2, -0.15) is 0 Å². The van der Waals surface area contributed by atoms with Gasteiger partial charge in [0.2, 0.25) is 0 Å². The fourth-order valence-electron chi connectivity index (χ4n) is 2.50. The number of halogens is 1. The molecule has 0 saturated carbocycles. The van der Waals surface area contributed by atoms with E-state index in [0.29, 0.717) is 37.0 Å². The van der Waals surface area contributed by atoms with Crippen LogP contribution in [0.3, 0.4) is 0 Å². The molecule has 2 aromatic rings. The monoisotopic (exact) mass is 392 g/mol. The van der Waals surface area contributed by atoms with Crippen molar-refractivity contribution in [2.24, 2.45) is 5.73 Å². The molecule has 0 aromatic heterocycles. The Labute approximate surface area is 167 Å². The highest BCUT2D eigenvalue weighted by Gasteiger charge is 2.10. The largest absolute Gasteiger partial charge is 0.491 e. The van der Waals surface area contributed by atoms with Crippen molar-refractivity contribution < 1.29 is 14.3 Å². The summed E-state index contributed by atoms with van der Waals surface area (Å²) in [5.41, 5.74) is 9.06. The predicted octanol–water partition coefficient (Wildman–Crippen LogP) is 3.69. The molecule has 0 bridgehead atoms. The molecule has 0 spiro atoms. The van der Waals surface area contributed by atoms with Gasteiger partial charge in [-0.3, -0.25) is 4.79 Å². The Morgan fingerprint density at radius 3 is 2.15 bits per heavy atom. The zero-order valence-electron chi connectivity index (χ0n) is 16.1. The molecule has 27 heavy (non-hydrogen) atoms. The summed E-state index contributed by atoms with van der Waals surface area (Å²) in [5, 5.41) is 2.88. The highest BCUT2D eigenvalue weighted by molar-refractivity contribution is 5.94. The molecule has 0 aliphatic heterocycles. The average molecular weight is 393 g/mol. The molecule has 0 aliphatic carbocycles. The topological polar surface area (TPSA) is 73.6 Å². The number of methoxy groups -OCH3 is 1. The Bertz CT molecular complexity index is 688. The first-order chi connectivity index (χ1) is 12.5. The first-order valence-electron chi connectivity index (χ1n) is 8.86. The summed E-state index contributed by atoms with van der Waals surface area (Å²) >= 11 is 0. The maximum absolute atomic E-state index is 12.3. The van der Waals surface area contributed by atoms with Gasteiger partial charge >= 0.3 is 0 Å². The SMILES string of the molecule is COCCOc1ccc(C(=O)NCC(N)c2ccc(C(C)C)cc2)cc1.Cl. The molecule has 148 valence electrons. The van der Waals surface area contributed by atoms with Crippen LogP contribution in [0.5, 0.6) is 5.75 Å². The lowest BCUT2D eigenvalue weighted by Gasteiger charge is -2.15. The van der Waals surface area contributed by atoms with Crippen LogP contribution in [-0.4, -0.2) is 32.8 Å². The van der Waals surface area contributed by atoms with E-state index < -0.39 is 0 Å². The molecule has 1 atom stereocenters. The number of carbonyl (C=O) groups excluding carboxylic acids is 1. The number of rotatable bonds is 9. The van der Waals surface area contributed by atoms with Gasteiger partial charge in [0.05, 0.1) is 6.61 Å². The van der Waals surface area contributed by atoms with Gasteiger partial charge in [0.25, 0.3) is 5.91 Å². The van der Waals surface area contributed by atoms with Gasteiger partial charge in [-0.15, -0.1) is 12.4 Å². The van der Waals surface area contributed by atoms with Crippen molar-refractivity contribution in [3.8, 4) is 5.75 Å². The minimum absolute atomic E-state index is 0. The van der Waals surface area contributed by atoms with Gasteiger partial charge < -0.3 is 20.5 Å². The van der Waals surface area contributed by atoms with Crippen LogP contribution in [0.15, 0.2) is 48.5 Å². The minimum atomic E-state index is -0.239. The third kappa shape index (κ3) is 7.21. The molecule has 1 unspecified atom stereocenters. The van der Waals surface area contributed by atoms with Crippen LogP contribution in [0.4, 0.5) is 0 Å². The third-order valence-electron chi connectivity index (χ3n) is 4.19. The van der Waals surface area contributed by atoms with E-state index in [1.807, 2.05) is 12.1 Å². The summed E-state index contributed by atoms with van der Waals surface area (Å²) < 4.78 is 10.4. The van der Waals surface area contributed by atoms with E-state index in [4.69, 9.17) is 15.2 Å². The number of amides is 1. The van der Waals surface area contributed by atoms with Crippen LogP contribution >= 0.6 is 12.4 Å². The lowest BCUT2D eigenvalue weighted by atomic mass is 9.99. The molecule has 0 radical (unpaired) electrons. The van der Waals surface area contributed by atoms with Crippen molar-refractivity contribution in [1.29, 1.82) is 0 Å². The van der Waals surface area contributed by atoms with E-state index in [2.05, 4.69) is 31.3 Å². The summed E-state index contributed by atoms with van der Waals surface area (Å²) in [7, 11) is 1.63. The number of nitrogens with two attached hydrogens (primary N) is 1. The van der Waals surface area contributed by atoms with Gasteiger partial charge in [0.1, 0.15) is 12.4 Å². The van der Waals surface area contributed by atoms with Gasteiger partial charge in [0, 0.05) is 25.3 Å². The number of hydrogen-bond acceptors (Lipinski definition) is 4. The fraction of sp³-hybridized carbons (Fsp3) is 0.381. The van der Waals surface area contributed by atoms with Gasteiger partial charge in [0.15, 0.2) is 0 Å². The van der Waals surface area contributed by atoms with E-state index in [9.17, 15) is 4.79 Å². The minimum Gasteiger partial charge on any atom is -0.491 e. The highest BCUT2D eigenvalue weighted by atomic mass is 35.5. The molecule has 0 saturated heterocycles. The standard InChI is InChI=1S/C21H28N2O3.ClH/c1-15(2)16-4-6-17(7-5-16)20(22)14-23-21(24)18-8-10-19(11-9-18)26-13-12-25-3;/h4-11,15,20H,12-14,22H2,1-3H3,(H,23,24);1H. The molecule has 6 heteroatoms. The Morgan fingerprint density at radius 2 is 1.59 bits per heavy atom. The number of nitrogens with one attached hydrogen (secondary N) is 1. The van der Waals surface area contributed by atoms with Gasteiger partial charge in [-0.25, -0.2) is 0 Å². The van der Waals surface area contributed by atoms with Crippen LogP contribution in [0.2, 0.25) is 0 Å². The molecule has 1 amide bonds. The van der Waals surface area contributed by atoms with Crippen molar-refractivity contribution >= 4 is 18.3 Å². The highest BCUT2D eigenvalue weighted by Crippen LogP contribution is 2.17. The average Bonchev–Trinajstić information content (AvgIpc) is 2.66. The number of benzene rings is 2. The molecule has 0 fully saturated rings. The van der Waals surface area contributed by atoms with E-state index in [1.54, 1.807) is 31.4 Å². The second-order valence-corrected chi connectivity index (χ2v) is 6.50. The Balaban J connectivity index is 0.00000364. The first-order valence-corrected chi connectivity index (χ1v) is 8.86. The fourth-order valence-corrected chi connectivity index (χ4v) is 2.50. The normalized spacial score (nSPS) is 11.6. The van der Waals surface area contributed by atoms with E-state index in [0.717, 1.165) is 5.56 Å². The Hall–Kier alpha value is -2.08. The van der Waals surface area contributed by atoms with Crippen LogP contribution < -0.4 is 15.8 Å². The molecule has 2 aromatic carbocycles. The van der Waals surface area contributed by atoms with Crippen LogP contribution in [-0.2, 0) is 4.74 Å². The Morgan fingerprint density at radius 1 is 1.00 bits per heavy atom. The van der Waals surface area contributed by atoms with Crippen molar-refractivity contribution in [2.75, 3.05) is 26.9 Å². The third-order valence-corrected chi connectivity index (χ3v) is 4.19. The first kappa shape index (κ1) is 23.0. The summed E-state index contributed by atoms with van der Waals surface area (Å²) in [6, 6.07) is 15.0. The molecule has 3 N–H and O–H groups in total. The molecular formula is C21H29ClN2O3. The van der Waals surface area contributed by atoms with Crippen LogP contribution in [0.1, 0.15) is 47.3 Å². The van der Waals surface area contributed by atoms with Gasteiger partial charge in [-0.1, -0.05) is 38.1 Å². The summed E-state index contributed by atoms with van der Waals surface area (Å²) in [6.07, 6.45) is 0. The maximum atomic E-state index is 12.3. The molecule has 0 heterocycles. The molecular weight excluding hydrogens is 364 g/mol. The summed E-state index contributed by atoms with van der Waals surface area (Å²) in [6.45, 7) is 5.70. The predicted molar refractivity (Wildman–Crippen MR) is 111 cm³/mol. The maximum Gasteiger partial charge on any atom is 0.251 e. The van der Waals surface area contributed by atoms with Gasteiger partial charge in [-0.05, 0) is 41.3 Å². The Kier molecular flexibility index (Phi) is 9.86. The molecule has 5 nitrogen and oxygen atoms in total. The van der Waals surface area contributed by atoms with Crippen molar-refractivity contribution in [3.05, 3.63) is 65.2 Å². The zero-order valence-corrected chi connectivity index (χ0v) is 16.9. The van der Waals surface area contributed by atoms with Crippen molar-refractivity contribution in [2.45, 2.75) is 25.8 Å². The smallest absolute Gasteiger partial charge is 0.251 e. The molecule has 0 aliphatic rings. The van der Waals surface area contributed by atoms with Crippen molar-refractivity contribution in [1.82, 2.24) is 5.32 Å². The van der Waals surface area contributed by atoms with E-state index in [1.165, 1.54) is 5.56 Å². The zero-order chi connectivity index (χ0) is 18.9. The van der Waals surface area contributed by atoms with Crippen LogP contribution in [0.25, 0.3) is 0 Å². The summed E-state index contributed by atoms with van der Waals surface area (Å²) in [4.78, 5) is 12.3. The quantitative estimate of drug-likeness (QED) is 0.638. The number of hydrogen-bond donors (Lipinski definition) is 2. The summed E-state index contributed by atoms with van der Waals surface area (Å²) in [5.74, 6) is 1.05. The van der Waals surface area contributed by atoms with Crippen molar-refractivity contribution in [3.63, 3.8) is 0 Å². The van der Waals surface area contributed by atoms with Crippen LogP contribution in [0, 0.1) is 0 Å². The number of ether oxygens (including phenoxy) is 2. The lowest BCUT2D eigenvalue weighted by Crippen LogP contribution is -2.31. The molecule has 2 rings (SSSR count).